The van der Waals surface area contributed by atoms with Gasteiger partial charge in [0.1, 0.15) is 5.78 Å². The highest BCUT2D eigenvalue weighted by molar-refractivity contribution is 6.20. The van der Waals surface area contributed by atoms with Crippen LogP contribution in [0.2, 0.25) is 0 Å². The van der Waals surface area contributed by atoms with Gasteiger partial charge in [0.2, 0.25) is 0 Å². The molecule has 0 saturated carbocycles. The second-order valence-corrected chi connectivity index (χ2v) is 5.58. The molecule has 0 N–H and O–H groups in total. The van der Waals surface area contributed by atoms with Crippen LogP contribution in [0, 0.1) is 0 Å². The van der Waals surface area contributed by atoms with E-state index >= 15 is 0 Å². The number of ketones is 1. The molecule has 1 aromatic carbocycles. The molecule has 1 nitrogen and oxygen atoms in total. The maximum atomic E-state index is 11.0. The van der Waals surface area contributed by atoms with Crippen molar-refractivity contribution < 1.29 is 4.79 Å². The quantitative estimate of drug-likeness (QED) is 0.631. The van der Waals surface area contributed by atoms with Gasteiger partial charge in [0, 0.05) is 11.8 Å². The van der Waals surface area contributed by atoms with Crippen LogP contribution in [0.5, 0.6) is 0 Å². The highest BCUT2D eigenvalue weighted by Crippen LogP contribution is 2.16. The zero-order chi connectivity index (χ0) is 13.4. The van der Waals surface area contributed by atoms with Gasteiger partial charge in [-0.05, 0) is 37.3 Å². The molecule has 0 heterocycles. The molecule has 1 unspecified atom stereocenters. The van der Waals surface area contributed by atoms with E-state index in [1.54, 1.807) is 6.92 Å². The molecule has 18 heavy (non-hydrogen) atoms. The van der Waals surface area contributed by atoms with E-state index in [9.17, 15) is 4.79 Å². The number of rotatable bonds is 8. The highest BCUT2D eigenvalue weighted by Gasteiger charge is 2.06. The third kappa shape index (κ3) is 6.20. The van der Waals surface area contributed by atoms with Gasteiger partial charge in [-0.15, -0.1) is 11.6 Å². The minimum atomic E-state index is 0.230. The van der Waals surface area contributed by atoms with Gasteiger partial charge in [0.05, 0.1) is 0 Å². The van der Waals surface area contributed by atoms with Crippen molar-refractivity contribution in [3.8, 4) is 0 Å². The van der Waals surface area contributed by atoms with E-state index in [0.29, 0.717) is 6.42 Å². The zero-order valence-electron chi connectivity index (χ0n) is 11.4. The lowest BCUT2D eigenvalue weighted by Gasteiger charge is -2.10. The molecule has 0 aliphatic carbocycles. The molecule has 2 heteroatoms. The first kappa shape index (κ1) is 15.2. The number of hydrogen-bond donors (Lipinski definition) is 0. The SMILES string of the molecule is CCCCC(Cl)Cc1cccc(CCC(C)=O)c1. The lowest BCUT2D eigenvalue weighted by Crippen LogP contribution is -2.04. The number of alkyl halides is 1. The van der Waals surface area contributed by atoms with Gasteiger partial charge in [0.15, 0.2) is 0 Å². The van der Waals surface area contributed by atoms with E-state index in [-0.39, 0.29) is 11.2 Å². The highest BCUT2D eigenvalue weighted by atomic mass is 35.5. The average Bonchev–Trinajstić information content (AvgIpc) is 2.34. The van der Waals surface area contributed by atoms with Crippen LogP contribution in [0.15, 0.2) is 24.3 Å². The lowest BCUT2D eigenvalue weighted by molar-refractivity contribution is -0.116. The Morgan fingerprint density at radius 3 is 2.72 bits per heavy atom. The molecular formula is C16H23ClO. The fourth-order valence-electron chi connectivity index (χ4n) is 2.02. The van der Waals surface area contributed by atoms with Crippen molar-refractivity contribution in [2.24, 2.45) is 0 Å². The number of carbonyl (C=O) groups is 1. The van der Waals surface area contributed by atoms with Crippen LogP contribution in [0.4, 0.5) is 0 Å². The van der Waals surface area contributed by atoms with Gasteiger partial charge in [-0.3, -0.25) is 0 Å². The van der Waals surface area contributed by atoms with Gasteiger partial charge in [-0.25, -0.2) is 0 Å². The predicted octanol–water partition coefficient (Wildman–Crippen LogP) is 4.55. The van der Waals surface area contributed by atoms with Gasteiger partial charge in [-0.1, -0.05) is 44.0 Å². The van der Waals surface area contributed by atoms with Crippen molar-refractivity contribution >= 4 is 17.4 Å². The van der Waals surface area contributed by atoms with Gasteiger partial charge < -0.3 is 4.79 Å². The summed E-state index contributed by atoms with van der Waals surface area (Å²) in [5, 5.41) is 0.230. The normalized spacial score (nSPS) is 12.4. The van der Waals surface area contributed by atoms with Crippen molar-refractivity contribution in [2.45, 2.75) is 57.7 Å². The van der Waals surface area contributed by atoms with Gasteiger partial charge >= 0.3 is 0 Å². The summed E-state index contributed by atoms with van der Waals surface area (Å²) in [5.41, 5.74) is 2.52. The van der Waals surface area contributed by atoms with E-state index in [0.717, 1.165) is 19.3 Å². The van der Waals surface area contributed by atoms with E-state index < -0.39 is 0 Å². The Morgan fingerprint density at radius 1 is 1.33 bits per heavy atom. The summed E-state index contributed by atoms with van der Waals surface area (Å²) < 4.78 is 0. The summed E-state index contributed by atoms with van der Waals surface area (Å²) in [4.78, 5) is 11.0. The van der Waals surface area contributed by atoms with Crippen LogP contribution < -0.4 is 0 Å². The minimum Gasteiger partial charge on any atom is -0.300 e. The Kier molecular flexibility index (Phi) is 7.04. The summed E-state index contributed by atoms with van der Waals surface area (Å²) in [5.74, 6) is 0.249. The van der Waals surface area contributed by atoms with Crippen LogP contribution in [0.1, 0.15) is 50.7 Å². The van der Waals surface area contributed by atoms with Crippen LogP contribution >= 0.6 is 11.6 Å². The molecule has 0 saturated heterocycles. The van der Waals surface area contributed by atoms with Crippen LogP contribution in [-0.4, -0.2) is 11.2 Å². The Balaban J connectivity index is 2.50. The van der Waals surface area contributed by atoms with Gasteiger partial charge in [0.25, 0.3) is 0 Å². The Bertz CT molecular complexity index is 373. The molecule has 1 aromatic rings. The molecule has 100 valence electrons. The first-order chi connectivity index (χ1) is 8.61. The molecule has 0 fully saturated rings. The minimum absolute atomic E-state index is 0.230. The summed E-state index contributed by atoms with van der Waals surface area (Å²) in [6.45, 7) is 3.83. The first-order valence-electron chi connectivity index (χ1n) is 6.83. The van der Waals surface area contributed by atoms with E-state index in [2.05, 4.69) is 31.2 Å². The van der Waals surface area contributed by atoms with Crippen molar-refractivity contribution in [1.82, 2.24) is 0 Å². The number of unbranched alkanes of at least 4 members (excludes halogenated alkanes) is 1. The Hall–Kier alpha value is -0.820. The number of halogens is 1. The Labute approximate surface area is 116 Å². The monoisotopic (exact) mass is 266 g/mol. The maximum Gasteiger partial charge on any atom is 0.130 e. The van der Waals surface area contributed by atoms with Crippen molar-refractivity contribution in [2.75, 3.05) is 0 Å². The molecule has 1 rings (SSSR count). The molecule has 0 aliphatic heterocycles. The smallest absolute Gasteiger partial charge is 0.130 e. The van der Waals surface area contributed by atoms with Crippen LogP contribution in [0.3, 0.4) is 0 Å². The molecule has 0 aromatic heterocycles. The number of benzene rings is 1. The number of carbonyl (C=O) groups excluding carboxylic acids is 1. The largest absolute Gasteiger partial charge is 0.300 e. The number of Topliss-reactive ketones (excluding diaryl/α,β-unsaturated/α-hetero) is 1. The summed E-state index contributed by atoms with van der Waals surface area (Å²) in [7, 11) is 0. The fourth-order valence-corrected chi connectivity index (χ4v) is 2.35. The molecule has 0 aliphatic rings. The van der Waals surface area contributed by atoms with E-state index in [4.69, 9.17) is 11.6 Å². The molecule has 0 bridgehead atoms. The second-order valence-electron chi connectivity index (χ2n) is 4.97. The van der Waals surface area contributed by atoms with Crippen molar-refractivity contribution in [3.63, 3.8) is 0 Å². The predicted molar refractivity (Wildman–Crippen MR) is 78.3 cm³/mol. The van der Waals surface area contributed by atoms with E-state index in [1.807, 2.05) is 0 Å². The molecule has 0 amide bonds. The average molecular weight is 267 g/mol. The molecular weight excluding hydrogens is 244 g/mol. The van der Waals surface area contributed by atoms with E-state index in [1.165, 1.54) is 24.0 Å². The standard InChI is InChI=1S/C16H23ClO/c1-3-4-8-16(17)12-15-7-5-6-14(11-15)10-9-13(2)18/h5-7,11,16H,3-4,8-10,12H2,1-2H3. The Morgan fingerprint density at radius 2 is 2.06 bits per heavy atom. The molecule has 0 radical (unpaired) electrons. The number of hydrogen-bond acceptors (Lipinski definition) is 1. The molecule has 1 atom stereocenters. The molecule has 0 spiro atoms. The maximum absolute atomic E-state index is 11.0. The third-order valence-electron chi connectivity index (χ3n) is 3.09. The summed E-state index contributed by atoms with van der Waals surface area (Å²) in [6.07, 6.45) is 5.86. The lowest BCUT2D eigenvalue weighted by atomic mass is 10.0. The fraction of sp³-hybridized carbons (Fsp3) is 0.562. The summed E-state index contributed by atoms with van der Waals surface area (Å²) in [6, 6.07) is 8.46. The van der Waals surface area contributed by atoms with Crippen LogP contribution in [-0.2, 0) is 17.6 Å². The third-order valence-corrected chi connectivity index (χ3v) is 3.46. The van der Waals surface area contributed by atoms with Crippen molar-refractivity contribution in [3.05, 3.63) is 35.4 Å². The first-order valence-corrected chi connectivity index (χ1v) is 7.26. The second kappa shape index (κ2) is 8.31. The zero-order valence-corrected chi connectivity index (χ0v) is 12.2. The van der Waals surface area contributed by atoms with Crippen molar-refractivity contribution in [1.29, 1.82) is 0 Å². The van der Waals surface area contributed by atoms with Crippen LogP contribution in [0.25, 0.3) is 0 Å². The summed E-state index contributed by atoms with van der Waals surface area (Å²) >= 11 is 6.32. The number of aryl methyl sites for hydroxylation is 1. The van der Waals surface area contributed by atoms with Gasteiger partial charge in [-0.2, -0.15) is 0 Å². The topological polar surface area (TPSA) is 17.1 Å².